The lowest BCUT2D eigenvalue weighted by Gasteiger charge is -2.30. The Kier molecular flexibility index (Phi) is 5.87. The number of carbonyl (C=O) groups is 2. The Labute approximate surface area is 165 Å². The minimum Gasteiger partial charge on any atom is -0.486 e. The predicted octanol–water partition coefficient (Wildman–Crippen LogP) is 3.47. The van der Waals surface area contributed by atoms with Gasteiger partial charge in [0.25, 0.3) is 0 Å². The van der Waals surface area contributed by atoms with Gasteiger partial charge < -0.3 is 19.7 Å². The number of rotatable bonds is 6. The zero-order valence-electron chi connectivity index (χ0n) is 16.5. The summed E-state index contributed by atoms with van der Waals surface area (Å²) in [5.74, 6) is 0.668. The molecule has 0 aromatic heterocycles. The van der Waals surface area contributed by atoms with Crippen LogP contribution in [0.4, 0.5) is 5.69 Å². The van der Waals surface area contributed by atoms with Gasteiger partial charge in [-0.1, -0.05) is 30.3 Å². The second-order valence-corrected chi connectivity index (χ2v) is 7.24. The summed E-state index contributed by atoms with van der Waals surface area (Å²) in [7, 11) is 0. The van der Waals surface area contributed by atoms with Crippen molar-refractivity contribution in [2.24, 2.45) is 5.41 Å². The van der Waals surface area contributed by atoms with Crippen molar-refractivity contribution in [2.75, 3.05) is 25.1 Å². The molecule has 1 heterocycles. The third kappa shape index (κ3) is 4.27. The lowest BCUT2D eigenvalue weighted by atomic mass is 9.89. The van der Waals surface area contributed by atoms with Crippen LogP contribution in [0, 0.1) is 5.41 Å². The molecule has 0 unspecified atom stereocenters. The lowest BCUT2D eigenvalue weighted by molar-refractivity contribution is -0.146. The van der Waals surface area contributed by atoms with E-state index in [1.54, 1.807) is 36.9 Å². The fourth-order valence-electron chi connectivity index (χ4n) is 3.03. The second kappa shape index (κ2) is 8.33. The Bertz CT molecular complexity index is 849. The molecule has 3 rings (SSSR count). The van der Waals surface area contributed by atoms with Crippen LogP contribution in [0.25, 0.3) is 0 Å². The molecule has 2 aromatic carbocycles. The van der Waals surface area contributed by atoms with Gasteiger partial charge in [0.1, 0.15) is 18.6 Å². The van der Waals surface area contributed by atoms with Gasteiger partial charge in [0.2, 0.25) is 11.8 Å². The fraction of sp³-hybridized carbons (Fsp3) is 0.364. The van der Waals surface area contributed by atoms with E-state index in [-0.39, 0.29) is 11.8 Å². The summed E-state index contributed by atoms with van der Waals surface area (Å²) in [5.41, 5.74) is 0.389. The molecule has 148 valence electrons. The van der Waals surface area contributed by atoms with Crippen molar-refractivity contribution in [3.05, 3.63) is 54.1 Å². The van der Waals surface area contributed by atoms with Crippen LogP contribution in [-0.4, -0.2) is 36.5 Å². The van der Waals surface area contributed by atoms with Crippen molar-refractivity contribution >= 4 is 17.5 Å². The number of ether oxygens (including phenoxy) is 2. The van der Waals surface area contributed by atoms with Crippen molar-refractivity contribution in [3.8, 4) is 11.5 Å². The summed E-state index contributed by atoms with van der Waals surface area (Å²) in [5, 5.41) is 2.83. The van der Waals surface area contributed by atoms with Crippen LogP contribution in [0.1, 0.15) is 26.3 Å². The Hall–Kier alpha value is -3.02. The van der Waals surface area contributed by atoms with Crippen molar-refractivity contribution < 1.29 is 19.1 Å². The molecule has 6 heteroatoms. The molecule has 0 saturated carbocycles. The van der Waals surface area contributed by atoms with Crippen molar-refractivity contribution in [2.45, 2.75) is 27.3 Å². The summed E-state index contributed by atoms with van der Waals surface area (Å²) in [4.78, 5) is 27.7. The topological polar surface area (TPSA) is 67.9 Å². The first kappa shape index (κ1) is 19.7. The van der Waals surface area contributed by atoms with E-state index in [9.17, 15) is 9.59 Å². The molecule has 0 radical (unpaired) electrons. The van der Waals surface area contributed by atoms with Crippen LogP contribution in [-0.2, 0) is 16.1 Å². The number of anilines is 1. The van der Waals surface area contributed by atoms with E-state index in [1.807, 2.05) is 37.3 Å². The zero-order chi connectivity index (χ0) is 20.1. The molecule has 1 aliphatic rings. The van der Waals surface area contributed by atoms with E-state index in [2.05, 4.69) is 5.32 Å². The fourth-order valence-corrected chi connectivity index (χ4v) is 3.03. The van der Waals surface area contributed by atoms with Crippen LogP contribution < -0.4 is 14.8 Å². The Balaban J connectivity index is 1.71. The van der Waals surface area contributed by atoms with Crippen LogP contribution in [0.2, 0.25) is 0 Å². The first-order chi connectivity index (χ1) is 13.4. The highest BCUT2D eigenvalue weighted by Crippen LogP contribution is 2.33. The minimum atomic E-state index is -1.21. The van der Waals surface area contributed by atoms with Gasteiger partial charge in [-0.15, -0.1) is 0 Å². The normalized spacial score (nSPS) is 13.0. The molecular formula is C22H26N2O4. The molecule has 28 heavy (non-hydrogen) atoms. The van der Waals surface area contributed by atoms with Gasteiger partial charge in [-0.3, -0.25) is 9.59 Å². The first-order valence-electron chi connectivity index (χ1n) is 9.46. The van der Waals surface area contributed by atoms with Crippen LogP contribution >= 0.6 is 0 Å². The molecule has 0 aliphatic carbocycles. The van der Waals surface area contributed by atoms with Crippen LogP contribution in [0.3, 0.4) is 0 Å². The number of carbonyl (C=O) groups excluding carboxylic acids is 2. The number of amides is 2. The van der Waals surface area contributed by atoms with Crippen molar-refractivity contribution in [1.82, 2.24) is 4.90 Å². The quantitative estimate of drug-likeness (QED) is 0.777. The second-order valence-electron chi connectivity index (χ2n) is 7.24. The summed E-state index contributed by atoms with van der Waals surface area (Å²) < 4.78 is 11.0. The van der Waals surface area contributed by atoms with Crippen LogP contribution in [0.15, 0.2) is 48.5 Å². The number of hydrogen-bond acceptors (Lipinski definition) is 4. The zero-order valence-corrected chi connectivity index (χ0v) is 16.5. The summed E-state index contributed by atoms with van der Waals surface area (Å²) in [6, 6.07) is 15.0. The molecule has 2 aromatic rings. The molecular weight excluding hydrogens is 356 g/mol. The SMILES string of the molecule is CCN(Cc1ccccc1)C(=O)C(C)(C)C(=O)Nc1ccc2c(c1)OCCO2. The minimum absolute atomic E-state index is 0.214. The predicted molar refractivity (Wildman–Crippen MR) is 107 cm³/mol. The molecule has 2 amide bonds. The third-order valence-corrected chi connectivity index (χ3v) is 4.79. The first-order valence-corrected chi connectivity index (χ1v) is 9.46. The molecule has 1 aliphatic heterocycles. The highest BCUT2D eigenvalue weighted by molar-refractivity contribution is 6.09. The maximum Gasteiger partial charge on any atom is 0.239 e. The van der Waals surface area contributed by atoms with Crippen molar-refractivity contribution in [1.29, 1.82) is 0 Å². The largest absolute Gasteiger partial charge is 0.486 e. The van der Waals surface area contributed by atoms with Gasteiger partial charge in [0.15, 0.2) is 11.5 Å². The van der Waals surface area contributed by atoms with Gasteiger partial charge in [0.05, 0.1) is 0 Å². The Morgan fingerprint density at radius 1 is 1.04 bits per heavy atom. The van der Waals surface area contributed by atoms with Gasteiger partial charge >= 0.3 is 0 Å². The third-order valence-electron chi connectivity index (χ3n) is 4.79. The highest BCUT2D eigenvalue weighted by atomic mass is 16.6. The molecule has 0 saturated heterocycles. The lowest BCUT2D eigenvalue weighted by Crippen LogP contribution is -2.47. The summed E-state index contributed by atoms with van der Waals surface area (Å²) in [6.45, 7) is 7.18. The standard InChI is InChI=1S/C22H26N2O4/c1-4-24(15-16-8-6-5-7-9-16)21(26)22(2,3)20(25)23-17-10-11-18-19(14-17)28-13-12-27-18/h5-11,14H,4,12-13,15H2,1-3H3,(H,23,25). The maximum atomic E-state index is 13.1. The van der Waals surface area contributed by atoms with E-state index < -0.39 is 5.41 Å². The molecule has 6 nitrogen and oxygen atoms in total. The molecule has 0 bridgehead atoms. The Morgan fingerprint density at radius 3 is 2.39 bits per heavy atom. The van der Waals surface area contributed by atoms with Crippen LogP contribution in [0.5, 0.6) is 11.5 Å². The number of benzene rings is 2. The highest BCUT2D eigenvalue weighted by Gasteiger charge is 2.39. The maximum absolute atomic E-state index is 13.1. The van der Waals surface area contributed by atoms with Gasteiger partial charge in [-0.05, 0) is 38.5 Å². The molecule has 0 spiro atoms. The molecule has 1 N–H and O–H groups in total. The van der Waals surface area contributed by atoms with E-state index in [0.717, 1.165) is 5.56 Å². The Morgan fingerprint density at radius 2 is 1.71 bits per heavy atom. The molecule has 0 fully saturated rings. The smallest absolute Gasteiger partial charge is 0.239 e. The monoisotopic (exact) mass is 382 g/mol. The number of hydrogen-bond donors (Lipinski definition) is 1. The summed E-state index contributed by atoms with van der Waals surface area (Å²) in [6.07, 6.45) is 0. The van der Waals surface area contributed by atoms with Gasteiger partial charge in [-0.25, -0.2) is 0 Å². The summed E-state index contributed by atoms with van der Waals surface area (Å²) >= 11 is 0. The van der Waals surface area contributed by atoms with Gasteiger partial charge in [0, 0.05) is 24.8 Å². The van der Waals surface area contributed by atoms with Crippen molar-refractivity contribution in [3.63, 3.8) is 0 Å². The number of nitrogens with one attached hydrogen (secondary N) is 1. The van der Waals surface area contributed by atoms with Gasteiger partial charge in [-0.2, -0.15) is 0 Å². The van der Waals surface area contributed by atoms with E-state index in [4.69, 9.17) is 9.47 Å². The van der Waals surface area contributed by atoms with E-state index in [1.165, 1.54) is 0 Å². The average molecular weight is 382 g/mol. The van der Waals surface area contributed by atoms with E-state index in [0.29, 0.717) is 43.5 Å². The molecule has 0 atom stereocenters. The van der Waals surface area contributed by atoms with E-state index >= 15 is 0 Å². The average Bonchev–Trinajstić information content (AvgIpc) is 2.72. The number of nitrogens with zero attached hydrogens (tertiary/aromatic N) is 1. The number of fused-ring (bicyclic) bond motifs is 1.